The monoisotopic (exact) mass is 530 g/mol. The smallest absolute Gasteiger partial charge is 0.449 e. The quantitative estimate of drug-likeness (QED) is 0.136. The number of phosphoric ester groups is 1. The fraction of sp³-hybridized carbons (Fsp3) is 0.321. The van der Waals surface area contributed by atoms with Gasteiger partial charge < -0.3 is 9.26 Å². The zero-order chi connectivity index (χ0) is 26.2. The number of hydrogen-bond donors (Lipinski definition) is 0. The highest BCUT2D eigenvalue weighted by molar-refractivity contribution is 7.48. The van der Waals surface area contributed by atoms with Gasteiger partial charge in [-0.05, 0) is 42.2 Å². The number of carbonyl (C=O) groups is 1. The van der Waals surface area contributed by atoms with Gasteiger partial charge in [-0.2, -0.15) is 0 Å². The maximum absolute atomic E-state index is 14.0. The molecule has 3 rings (SSSR count). The van der Waals surface area contributed by atoms with Crippen LogP contribution in [-0.4, -0.2) is 12.0 Å². The molecule has 0 amide bonds. The van der Waals surface area contributed by atoms with E-state index in [-0.39, 0.29) is 25.7 Å². The van der Waals surface area contributed by atoms with Gasteiger partial charge in [0.05, 0.1) is 19.6 Å². The van der Waals surface area contributed by atoms with Crippen LogP contribution in [0.1, 0.15) is 48.1 Å². The molecule has 0 aliphatic rings. The first-order valence-electron chi connectivity index (χ1n) is 11.6. The van der Waals surface area contributed by atoms with Crippen molar-refractivity contribution in [3.63, 3.8) is 0 Å². The van der Waals surface area contributed by atoms with E-state index in [4.69, 9.17) is 29.9 Å². The highest BCUT2D eigenvalue weighted by Gasteiger charge is 2.35. The number of halogens is 1. The molecule has 0 atom stereocenters. The lowest BCUT2D eigenvalue weighted by molar-refractivity contribution is -0.142. The highest BCUT2D eigenvalue weighted by Crippen LogP contribution is 2.53. The van der Waals surface area contributed by atoms with Crippen LogP contribution in [0.3, 0.4) is 0 Å². The zero-order valence-electron chi connectivity index (χ0n) is 21.0. The Morgan fingerprint density at radius 1 is 0.889 bits per heavy atom. The molecule has 192 valence electrons. The van der Waals surface area contributed by atoms with Crippen molar-refractivity contribution in [3.05, 3.63) is 101 Å². The second-order valence-electron chi connectivity index (χ2n) is 9.20. The molecular formula is C28H32ClO6P. The fourth-order valence-electron chi connectivity index (χ4n) is 4.10. The largest absolute Gasteiger partial charge is 0.530 e. The number of hydrogen-bond acceptors (Lipinski definition) is 6. The van der Waals surface area contributed by atoms with Crippen molar-refractivity contribution in [2.75, 3.05) is 6.07 Å². The second kappa shape index (κ2) is 12.6. The average Bonchev–Trinajstić information content (AvgIpc) is 2.82. The van der Waals surface area contributed by atoms with E-state index in [0.717, 1.165) is 22.3 Å². The predicted octanol–water partition coefficient (Wildman–Crippen LogP) is 7.63. The van der Waals surface area contributed by atoms with Gasteiger partial charge in [0, 0.05) is 11.0 Å². The van der Waals surface area contributed by atoms with E-state index in [1.807, 2.05) is 94.4 Å². The van der Waals surface area contributed by atoms with Gasteiger partial charge in [0.2, 0.25) is 0 Å². The highest BCUT2D eigenvalue weighted by atomic mass is 35.5. The molecule has 0 spiro atoms. The Morgan fingerprint density at radius 2 is 1.42 bits per heavy atom. The maximum atomic E-state index is 14.0. The molecular weight excluding hydrogens is 499 g/mol. The number of alkyl halides is 1. The van der Waals surface area contributed by atoms with Crippen LogP contribution < -0.4 is 4.52 Å². The summed E-state index contributed by atoms with van der Waals surface area (Å²) in [5.74, 6) is -0.106. The van der Waals surface area contributed by atoms with E-state index in [9.17, 15) is 9.36 Å². The third-order valence-corrected chi connectivity index (χ3v) is 7.02. The minimum absolute atomic E-state index is 0.0402. The molecule has 0 saturated carbocycles. The van der Waals surface area contributed by atoms with Gasteiger partial charge >= 0.3 is 13.8 Å². The summed E-state index contributed by atoms with van der Waals surface area (Å²) >= 11 is 5.57. The normalized spacial score (nSPS) is 11.8. The van der Waals surface area contributed by atoms with Gasteiger partial charge in [-0.3, -0.25) is 13.8 Å². The van der Waals surface area contributed by atoms with E-state index < -0.39 is 19.2 Å². The summed E-state index contributed by atoms with van der Waals surface area (Å²) in [6.45, 7) is 7.71. The standard InChI is InChI=1S/C28H32ClO6P/c1-21-15-22(2)27(28(3,4)17-26(30)32-20-29)25(16-21)35-36(31,33-18-23-11-7-5-8-12-23)34-19-24-13-9-6-10-14-24/h5-16H,17-20H2,1-4H3. The molecule has 3 aromatic rings. The van der Waals surface area contributed by atoms with Crippen LogP contribution in [0.15, 0.2) is 72.8 Å². The van der Waals surface area contributed by atoms with Crippen molar-refractivity contribution in [1.82, 2.24) is 0 Å². The Bertz CT molecular complexity index is 1150. The molecule has 6 nitrogen and oxygen atoms in total. The topological polar surface area (TPSA) is 71.1 Å². The molecule has 0 bridgehead atoms. The number of benzene rings is 3. The summed E-state index contributed by atoms with van der Waals surface area (Å²) in [7, 11) is -4.09. The van der Waals surface area contributed by atoms with Gasteiger partial charge in [0.15, 0.2) is 6.07 Å². The van der Waals surface area contributed by atoms with Gasteiger partial charge in [-0.25, -0.2) is 4.57 Å². The molecule has 8 heteroatoms. The molecule has 0 aliphatic carbocycles. The summed E-state index contributed by atoms with van der Waals surface area (Å²) in [6, 6.07) is 22.3. The molecule has 0 heterocycles. The van der Waals surface area contributed by atoms with Crippen LogP contribution in [0, 0.1) is 13.8 Å². The Kier molecular flexibility index (Phi) is 9.75. The van der Waals surface area contributed by atoms with E-state index in [1.165, 1.54) is 0 Å². The summed E-state index contributed by atoms with van der Waals surface area (Å²) < 4.78 is 36.7. The van der Waals surface area contributed by atoms with E-state index in [1.54, 1.807) is 6.07 Å². The minimum Gasteiger partial charge on any atom is -0.449 e. The third kappa shape index (κ3) is 7.94. The molecule has 0 fully saturated rings. The van der Waals surface area contributed by atoms with Crippen LogP contribution in [0.25, 0.3) is 0 Å². The number of carbonyl (C=O) groups excluding carboxylic acids is 1. The van der Waals surface area contributed by atoms with Crippen LogP contribution in [-0.2, 0) is 41.8 Å². The minimum atomic E-state index is -4.09. The number of phosphoric acid groups is 1. The fourth-order valence-corrected chi connectivity index (χ4v) is 5.40. The van der Waals surface area contributed by atoms with Crippen molar-refractivity contribution in [3.8, 4) is 5.75 Å². The molecule has 0 unspecified atom stereocenters. The Balaban J connectivity index is 1.95. The zero-order valence-corrected chi connectivity index (χ0v) is 22.7. The van der Waals surface area contributed by atoms with Gasteiger partial charge in [-0.1, -0.05) is 92.2 Å². The van der Waals surface area contributed by atoms with Gasteiger partial charge in [0.25, 0.3) is 0 Å². The summed E-state index contributed by atoms with van der Waals surface area (Å²) in [5.41, 5.74) is 3.45. The summed E-state index contributed by atoms with van der Waals surface area (Å²) in [5, 5.41) is 0. The van der Waals surface area contributed by atoms with Crippen LogP contribution in [0.5, 0.6) is 5.75 Å². The van der Waals surface area contributed by atoms with Gasteiger partial charge in [-0.15, -0.1) is 0 Å². The molecule has 0 radical (unpaired) electrons. The first kappa shape index (κ1) is 27.9. The van der Waals surface area contributed by atoms with Gasteiger partial charge in [0.1, 0.15) is 5.75 Å². The van der Waals surface area contributed by atoms with Crippen molar-refractivity contribution in [2.24, 2.45) is 0 Å². The first-order valence-corrected chi connectivity index (χ1v) is 13.6. The number of ether oxygens (including phenoxy) is 1. The van der Waals surface area contributed by atoms with Crippen LogP contribution >= 0.6 is 19.4 Å². The Labute approximate surface area is 218 Å². The van der Waals surface area contributed by atoms with Crippen molar-refractivity contribution in [1.29, 1.82) is 0 Å². The first-order chi connectivity index (χ1) is 17.1. The lowest BCUT2D eigenvalue weighted by Gasteiger charge is -2.30. The second-order valence-corrected chi connectivity index (χ2v) is 11.0. The lowest BCUT2D eigenvalue weighted by atomic mass is 9.78. The predicted molar refractivity (Wildman–Crippen MR) is 141 cm³/mol. The molecule has 3 aromatic carbocycles. The van der Waals surface area contributed by atoms with E-state index in [0.29, 0.717) is 11.3 Å². The molecule has 36 heavy (non-hydrogen) atoms. The molecule has 0 aliphatic heterocycles. The summed E-state index contributed by atoms with van der Waals surface area (Å²) in [4.78, 5) is 12.3. The molecule has 0 aromatic heterocycles. The Morgan fingerprint density at radius 3 is 1.92 bits per heavy atom. The Hall–Kier alpha value is -2.63. The lowest BCUT2D eigenvalue weighted by Crippen LogP contribution is -2.25. The van der Waals surface area contributed by atoms with Crippen LogP contribution in [0.4, 0.5) is 0 Å². The van der Waals surface area contributed by atoms with Crippen LogP contribution in [0.2, 0.25) is 0 Å². The summed E-state index contributed by atoms with van der Waals surface area (Å²) in [6.07, 6.45) is 0.0556. The number of rotatable bonds is 12. The maximum Gasteiger partial charge on any atom is 0.530 e. The van der Waals surface area contributed by atoms with E-state index >= 15 is 0 Å². The molecule has 0 saturated heterocycles. The number of esters is 1. The number of aryl methyl sites for hydroxylation is 2. The third-order valence-electron chi connectivity index (χ3n) is 5.60. The van der Waals surface area contributed by atoms with Crippen molar-refractivity contribution < 1.29 is 27.7 Å². The molecule has 0 N–H and O–H groups in total. The average molecular weight is 531 g/mol. The van der Waals surface area contributed by atoms with E-state index in [2.05, 4.69) is 0 Å². The van der Waals surface area contributed by atoms with Crippen molar-refractivity contribution in [2.45, 2.75) is 52.7 Å². The SMILES string of the molecule is Cc1cc(C)c(C(C)(C)CC(=O)OCCl)c(OP(=O)(OCc2ccccc2)OCc2ccccc2)c1. The van der Waals surface area contributed by atoms with Crippen molar-refractivity contribution >= 4 is 25.4 Å².